The zero-order valence-corrected chi connectivity index (χ0v) is 16.4. The molecule has 2 N–H and O–H groups in total. The lowest BCUT2D eigenvalue weighted by atomic mass is 10.2. The van der Waals surface area contributed by atoms with E-state index in [1.807, 2.05) is 0 Å². The topological polar surface area (TPSA) is 75.3 Å². The third-order valence-electron chi connectivity index (χ3n) is 3.72. The smallest absolute Gasteiger partial charge is 0.262 e. The van der Waals surface area contributed by atoms with E-state index in [0.29, 0.717) is 0 Å². The Morgan fingerprint density at radius 1 is 0.893 bits per heavy atom. The van der Waals surface area contributed by atoms with Crippen LogP contribution in [0.3, 0.4) is 0 Å². The predicted octanol–water partition coefficient (Wildman–Crippen LogP) is 5.19. The lowest BCUT2D eigenvalue weighted by Gasteiger charge is -2.11. The molecule has 0 radical (unpaired) electrons. The lowest BCUT2D eigenvalue weighted by Crippen LogP contribution is -2.16. The number of hydrogen-bond donors (Lipinski definition) is 2. The quantitative estimate of drug-likeness (QED) is 0.575. The molecular formula is C19H13Cl2FN2O3S. The standard InChI is InChI=1S/C19H13Cl2FN2O3S/c20-14-7-4-10-17(18(14)21)23-19(25)12-5-3-6-13(11-12)28(26,27)24-16-9-2-1-8-15(16)22/h1-11,24H,(H,23,25). The van der Waals surface area contributed by atoms with Crippen LogP contribution in [0.25, 0.3) is 0 Å². The number of carbonyl (C=O) groups excluding carboxylic acids is 1. The fraction of sp³-hybridized carbons (Fsp3) is 0. The van der Waals surface area contributed by atoms with Crippen molar-refractivity contribution in [1.29, 1.82) is 0 Å². The lowest BCUT2D eigenvalue weighted by molar-refractivity contribution is 0.102. The first kappa shape index (κ1) is 20.1. The van der Waals surface area contributed by atoms with Crippen LogP contribution in [0, 0.1) is 5.82 Å². The molecule has 0 aliphatic heterocycles. The largest absolute Gasteiger partial charge is 0.321 e. The van der Waals surface area contributed by atoms with Crippen LogP contribution in [0.2, 0.25) is 10.0 Å². The average Bonchev–Trinajstić information content (AvgIpc) is 2.67. The molecule has 3 aromatic rings. The Morgan fingerprint density at radius 2 is 1.57 bits per heavy atom. The summed E-state index contributed by atoms with van der Waals surface area (Å²) in [6.45, 7) is 0. The number of halogens is 3. The highest BCUT2D eigenvalue weighted by molar-refractivity contribution is 7.92. The van der Waals surface area contributed by atoms with Crippen molar-refractivity contribution in [3.63, 3.8) is 0 Å². The third-order valence-corrected chi connectivity index (χ3v) is 5.91. The van der Waals surface area contributed by atoms with Crippen LogP contribution in [0.5, 0.6) is 0 Å². The molecule has 0 aliphatic rings. The van der Waals surface area contributed by atoms with Gasteiger partial charge in [-0.05, 0) is 42.5 Å². The van der Waals surface area contributed by atoms with Crippen LogP contribution < -0.4 is 10.0 Å². The number of para-hydroxylation sites is 1. The van der Waals surface area contributed by atoms with Gasteiger partial charge in [-0.15, -0.1) is 0 Å². The SMILES string of the molecule is O=C(Nc1cccc(Cl)c1Cl)c1cccc(S(=O)(=O)Nc2ccccc2F)c1. The van der Waals surface area contributed by atoms with E-state index < -0.39 is 21.7 Å². The van der Waals surface area contributed by atoms with Gasteiger partial charge in [-0.1, -0.05) is 47.5 Å². The second-order valence-electron chi connectivity index (χ2n) is 5.67. The number of nitrogens with one attached hydrogen (secondary N) is 2. The maximum Gasteiger partial charge on any atom is 0.262 e. The number of carbonyl (C=O) groups is 1. The van der Waals surface area contributed by atoms with E-state index in [9.17, 15) is 17.6 Å². The molecule has 0 bridgehead atoms. The molecule has 0 spiro atoms. The first-order chi connectivity index (χ1) is 13.3. The normalized spacial score (nSPS) is 11.1. The predicted molar refractivity (Wildman–Crippen MR) is 108 cm³/mol. The van der Waals surface area contributed by atoms with E-state index >= 15 is 0 Å². The molecule has 0 aromatic heterocycles. The number of benzene rings is 3. The summed E-state index contributed by atoms with van der Waals surface area (Å²) in [5, 5.41) is 3.01. The Hall–Kier alpha value is -2.61. The van der Waals surface area contributed by atoms with Crippen molar-refractivity contribution in [3.05, 3.63) is 88.2 Å². The van der Waals surface area contributed by atoms with Gasteiger partial charge in [0.2, 0.25) is 0 Å². The molecule has 0 saturated carbocycles. The number of hydrogen-bond acceptors (Lipinski definition) is 3. The number of amides is 1. The summed E-state index contributed by atoms with van der Waals surface area (Å²) in [7, 11) is -4.10. The van der Waals surface area contributed by atoms with E-state index in [1.165, 1.54) is 42.5 Å². The fourth-order valence-corrected chi connectivity index (χ4v) is 3.81. The van der Waals surface area contributed by atoms with Gasteiger partial charge in [0, 0.05) is 5.56 Å². The van der Waals surface area contributed by atoms with Crippen molar-refractivity contribution < 1.29 is 17.6 Å². The molecule has 28 heavy (non-hydrogen) atoms. The van der Waals surface area contributed by atoms with Gasteiger partial charge in [0.25, 0.3) is 15.9 Å². The Bertz CT molecular complexity index is 1150. The number of sulfonamides is 1. The Balaban J connectivity index is 1.86. The zero-order valence-electron chi connectivity index (χ0n) is 14.1. The summed E-state index contributed by atoms with van der Waals surface area (Å²) < 4.78 is 41.0. The fourth-order valence-electron chi connectivity index (χ4n) is 2.35. The molecule has 0 unspecified atom stereocenters. The Kier molecular flexibility index (Phi) is 5.88. The summed E-state index contributed by atoms with van der Waals surface area (Å²) in [4.78, 5) is 12.3. The maximum atomic E-state index is 13.7. The summed E-state index contributed by atoms with van der Waals surface area (Å²) in [6.07, 6.45) is 0. The molecule has 5 nitrogen and oxygen atoms in total. The van der Waals surface area contributed by atoms with Crippen molar-refractivity contribution in [2.24, 2.45) is 0 Å². The van der Waals surface area contributed by atoms with Crippen molar-refractivity contribution in [2.45, 2.75) is 4.90 Å². The third kappa shape index (κ3) is 4.44. The van der Waals surface area contributed by atoms with Crippen molar-refractivity contribution in [2.75, 3.05) is 10.0 Å². The first-order valence-corrected chi connectivity index (χ1v) is 10.1. The van der Waals surface area contributed by atoms with Gasteiger partial charge in [-0.2, -0.15) is 0 Å². The molecule has 0 aliphatic carbocycles. The zero-order chi connectivity index (χ0) is 20.3. The molecule has 144 valence electrons. The maximum absolute atomic E-state index is 13.7. The van der Waals surface area contributed by atoms with E-state index in [2.05, 4.69) is 10.0 Å². The molecule has 0 atom stereocenters. The highest BCUT2D eigenvalue weighted by Gasteiger charge is 2.18. The van der Waals surface area contributed by atoms with E-state index in [1.54, 1.807) is 18.2 Å². The summed E-state index contributed by atoms with van der Waals surface area (Å²) >= 11 is 12.0. The molecule has 9 heteroatoms. The minimum absolute atomic E-state index is 0.0763. The van der Waals surface area contributed by atoms with E-state index in [-0.39, 0.29) is 31.9 Å². The van der Waals surface area contributed by atoms with Crippen LogP contribution in [0.1, 0.15) is 10.4 Å². The van der Waals surface area contributed by atoms with Gasteiger partial charge in [0.15, 0.2) is 0 Å². The second-order valence-corrected chi connectivity index (χ2v) is 8.14. The van der Waals surface area contributed by atoms with Crippen LogP contribution in [0.4, 0.5) is 15.8 Å². The van der Waals surface area contributed by atoms with Gasteiger partial charge < -0.3 is 5.32 Å². The minimum atomic E-state index is -4.10. The summed E-state index contributed by atoms with van der Waals surface area (Å²) in [6, 6.07) is 15.4. The van der Waals surface area contributed by atoms with Crippen molar-refractivity contribution >= 4 is 50.5 Å². The molecule has 0 fully saturated rings. The molecule has 3 aromatic carbocycles. The van der Waals surface area contributed by atoms with Crippen LogP contribution in [0.15, 0.2) is 71.6 Å². The molecule has 1 amide bonds. The van der Waals surface area contributed by atoms with E-state index in [0.717, 1.165) is 6.07 Å². The van der Waals surface area contributed by atoms with Gasteiger partial charge in [0.1, 0.15) is 5.82 Å². The van der Waals surface area contributed by atoms with Crippen LogP contribution in [-0.2, 0) is 10.0 Å². The summed E-state index contributed by atoms with van der Waals surface area (Å²) in [5.41, 5.74) is 0.174. The monoisotopic (exact) mass is 438 g/mol. The highest BCUT2D eigenvalue weighted by Crippen LogP contribution is 2.30. The van der Waals surface area contributed by atoms with Gasteiger partial charge in [-0.25, -0.2) is 12.8 Å². The van der Waals surface area contributed by atoms with Crippen molar-refractivity contribution in [3.8, 4) is 0 Å². The first-order valence-electron chi connectivity index (χ1n) is 7.91. The Morgan fingerprint density at radius 3 is 2.32 bits per heavy atom. The van der Waals surface area contributed by atoms with E-state index in [4.69, 9.17) is 23.2 Å². The number of anilines is 2. The minimum Gasteiger partial charge on any atom is -0.321 e. The molecule has 3 rings (SSSR count). The molecular weight excluding hydrogens is 426 g/mol. The molecule has 0 heterocycles. The van der Waals surface area contributed by atoms with Gasteiger partial charge in [-0.3, -0.25) is 9.52 Å². The van der Waals surface area contributed by atoms with Crippen molar-refractivity contribution in [1.82, 2.24) is 0 Å². The molecule has 0 saturated heterocycles. The average molecular weight is 439 g/mol. The summed E-state index contributed by atoms with van der Waals surface area (Å²) in [5.74, 6) is -1.29. The van der Waals surface area contributed by atoms with Gasteiger partial charge in [0.05, 0.1) is 26.3 Å². The Labute approximate surface area is 171 Å². The second kappa shape index (κ2) is 8.18. The van der Waals surface area contributed by atoms with Crippen LogP contribution >= 0.6 is 23.2 Å². The number of rotatable bonds is 5. The van der Waals surface area contributed by atoms with Crippen LogP contribution in [-0.4, -0.2) is 14.3 Å². The van der Waals surface area contributed by atoms with Gasteiger partial charge >= 0.3 is 0 Å². The highest BCUT2D eigenvalue weighted by atomic mass is 35.5.